The molecule has 0 fully saturated rings. The Hall–Kier alpha value is -1.81. The van der Waals surface area contributed by atoms with E-state index >= 15 is 0 Å². The Morgan fingerprint density at radius 2 is 1.94 bits per heavy atom. The number of H-pyrrole nitrogens is 1. The zero-order valence-electron chi connectivity index (χ0n) is 10.0. The normalized spacial score (nSPS) is 10.5. The van der Waals surface area contributed by atoms with E-state index in [4.69, 9.17) is 4.74 Å². The first-order valence-corrected chi connectivity index (χ1v) is 5.53. The second-order valence-corrected chi connectivity index (χ2v) is 4.03. The molecular formula is C13H16N2O2. The third-order valence-corrected chi connectivity index (χ3v) is 2.71. The molecule has 1 aromatic heterocycles. The highest BCUT2D eigenvalue weighted by Crippen LogP contribution is 2.16. The topological polar surface area (TPSA) is 58.1 Å². The van der Waals surface area contributed by atoms with Crippen molar-refractivity contribution >= 4 is 0 Å². The number of nitrogens with zero attached hydrogens (tertiary/aromatic N) is 1. The second kappa shape index (κ2) is 5.01. The van der Waals surface area contributed by atoms with Crippen LogP contribution >= 0.6 is 0 Å². The van der Waals surface area contributed by atoms with Crippen LogP contribution in [-0.4, -0.2) is 15.3 Å². The van der Waals surface area contributed by atoms with Gasteiger partial charge >= 0.3 is 0 Å². The molecule has 0 unspecified atom stereocenters. The maximum Gasteiger partial charge on any atom is 0.132 e. The van der Waals surface area contributed by atoms with E-state index < -0.39 is 0 Å². The molecule has 0 aliphatic rings. The van der Waals surface area contributed by atoms with Gasteiger partial charge in [0, 0.05) is 11.3 Å². The molecule has 2 N–H and O–H groups in total. The van der Waals surface area contributed by atoms with Crippen molar-refractivity contribution < 1.29 is 9.84 Å². The Balaban J connectivity index is 2.04. The fourth-order valence-electron chi connectivity index (χ4n) is 1.62. The number of aromatic amines is 1. The van der Waals surface area contributed by atoms with Gasteiger partial charge in [0.15, 0.2) is 0 Å². The lowest BCUT2D eigenvalue weighted by molar-refractivity contribution is 0.267. The average molecular weight is 232 g/mol. The van der Waals surface area contributed by atoms with Crippen molar-refractivity contribution in [3.63, 3.8) is 0 Å². The predicted molar refractivity (Wildman–Crippen MR) is 64.8 cm³/mol. The molecule has 0 bridgehead atoms. The molecule has 0 saturated heterocycles. The van der Waals surface area contributed by atoms with Crippen LogP contribution in [0.25, 0.3) is 0 Å². The van der Waals surface area contributed by atoms with Crippen molar-refractivity contribution in [1.29, 1.82) is 0 Å². The molecule has 0 amide bonds. The lowest BCUT2D eigenvalue weighted by atomic mass is 10.2. The summed E-state index contributed by atoms with van der Waals surface area (Å²) in [6, 6.07) is 7.84. The Labute approximate surface area is 100 Å². The van der Waals surface area contributed by atoms with Gasteiger partial charge in [-0.1, -0.05) is 17.7 Å². The first-order chi connectivity index (χ1) is 8.20. The number of rotatable bonds is 4. The minimum atomic E-state index is -0.0189. The number of hydrogen-bond acceptors (Lipinski definition) is 3. The number of aliphatic hydroxyl groups excluding tert-OH is 1. The van der Waals surface area contributed by atoms with Gasteiger partial charge in [0.1, 0.15) is 18.1 Å². The van der Waals surface area contributed by atoms with Gasteiger partial charge in [-0.3, -0.25) is 5.10 Å². The number of ether oxygens (including phenoxy) is 1. The van der Waals surface area contributed by atoms with Crippen molar-refractivity contribution in [1.82, 2.24) is 10.2 Å². The van der Waals surface area contributed by atoms with Gasteiger partial charge in [-0.05, 0) is 26.0 Å². The standard InChI is InChI=1S/C13H16N2O2/c1-9-3-5-11(6-4-9)17-8-13-12(7-16)10(2)14-15-13/h3-6,16H,7-8H2,1-2H3,(H,14,15). The minimum Gasteiger partial charge on any atom is -0.487 e. The minimum absolute atomic E-state index is 0.0189. The summed E-state index contributed by atoms with van der Waals surface area (Å²) >= 11 is 0. The van der Waals surface area contributed by atoms with Crippen molar-refractivity contribution in [2.24, 2.45) is 0 Å². The SMILES string of the molecule is Cc1ccc(OCc2n[nH]c(C)c2CO)cc1. The third kappa shape index (κ3) is 2.65. The number of nitrogens with one attached hydrogen (secondary N) is 1. The van der Waals surface area contributed by atoms with Crippen molar-refractivity contribution in [2.75, 3.05) is 0 Å². The van der Waals surface area contributed by atoms with Crippen LogP contribution < -0.4 is 4.74 Å². The molecule has 4 nitrogen and oxygen atoms in total. The Bertz CT molecular complexity index is 489. The summed E-state index contributed by atoms with van der Waals surface area (Å²) in [5.74, 6) is 0.806. The van der Waals surface area contributed by atoms with Crippen LogP contribution in [0.15, 0.2) is 24.3 Å². The van der Waals surface area contributed by atoms with E-state index in [-0.39, 0.29) is 6.61 Å². The predicted octanol–water partition coefficient (Wildman–Crippen LogP) is 2.10. The monoisotopic (exact) mass is 232 g/mol. The zero-order valence-corrected chi connectivity index (χ0v) is 10.0. The van der Waals surface area contributed by atoms with E-state index in [0.717, 1.165) is 22.7 Å². The smallest absolute Gasteiger partial charge is 0.132 e. The summed E-state index contributed by atoms with van der Waals surface area (Å²) in [4.78, 5) is 0. The first-order valence-electron chi connectivity index (χ1n) is 5.53. The lowest BCUT2D eigenvalue weighted by Gasteiger charge is -2.05. The highest BCUT2D eigenvalue weighted by molar-refractivity contribution is 5.27. The van der Waals surface area contributed by atoms with Crippen LogP contribution in [0.5, 0.6) is 5.75 Å². The zero-order chi connectivity index (χ0) is 12.3. The molecule has 0 saturated carbocycles. The van der Waals surface area contributed by atoms with Crippen LogP contribution in [-0.2, 0) is 13.2 Å². The summed E-state index contributed by atoms with van der Waals surface area (Å²) < 4.78 is 5.61. The molecule has 0 aliphatic heterocycles. The summed E-state index contributed by atoms with van der Waals surface area (Å²) in [6.45, 7) is 4.26. The molecule has 0 aliphatic carbocycles. The molecule has 2 aromatic rings. The molecule has 4 heteroatoms. The quantitative estimate of drug-likeness (QED) is 0.848. The van der Waals surface area contributed by atoms with Crippen molar-refractivity contribution in [2.45, 2.75) is 27.1 Å². The molecule has 2 rings (SSSR count). The molecule has 1 aromatic carbocycles. The number of benzene rings is 1. The Kier molecular flexibility index (Phi) is 3.44. The van der Waals surface area contributed by atoms with Gasteiger partial charge in [-0.2, -0.15) is 5.10 Å². The second-order valence-electron chi connectivity index (χ2n) is 4.03. The maximum atomic E-state index is 9.21. The third-order valence-electron chi connectivity index (χ3n) is 2.71. The van der Waals surface area contributed by atoms with Crippen LogP contribution in [0.3, 0.4) is 0 Å². The molecule has 0 atom stereocenters. The summed E-state index contributed by atoms with van der Waals surface area (Å²) in [6.07, 6.45) is 0. The Morgan fingerprint density at radius 3 is 2.59 bits per heavy atom. The fraction of sp³-hybridized carbons (Fsp3) is 0.308. The first kappa shape index (κ1) is 11.7. The molecule has 1 heterocycles. The van der Waals surface area contributed by atoms with Gasteiger partial charge in [-0.25, -0.2) is 0 Å². The Morgan fingerprint density at radius 1 is 1.24 bits per heavy atom. The number of aryl methyl sites for hydroxylation is 2. The lowest BCUT2D eigenvalue weighted by Crippen LogP contribution is -2.00. The molecule has 17 heavy (non-hydrogen) atoms. The van der Waals surface area contributed by atoms with E-state index in [1.807, 2.05) is 38.1 Å². The molecular weight excluding hydrogens is 216 g/mol. The summed E-state index contributed by atoms with van der Waals surface area (Å²) in [5, 5.41) is 16.2. The van der Waals surface area contributed by atoms with Crippen molar-refractivity contribution in [3.8, 4) is 5.75 Å². The van der Waals surface area contributed by atoms with E-state index in [2.05, 4.69) is 10.2 Å². The van der Waals surface area contributed by atoms with Gasteiger partial charge in [-0.15, -0.1) is 0 Å². The summed E-state index contributed by atoms with van der Waals surface area (Å²) in [7, 11) is 0. The molecule has 90 valence electrons. The molecule has 0 radical (unpaired) electrons. The van der Waals surface area contributed by atoms with Crippen molar-refractivity contribution in [3.05, 3.63) is 46.8 Å². The van der Waals surface area contributed by atoms with Crippen LogP contribution in [0.2, 0.25) is 0 Å². The van der Waals surface area contributed by atoms with Gasteiger partial charge in [0.05, 0.1) is 6.61 Å². The van der Waals surface area contributed by atoms with Gasteiger partial charge in [0.25, 0.3) is 0 Å². The van der Waals surface area contributed by atoms with Gasteiger partial charge < -0.3 is 9.84 Å². The van der Waals surface area contributed by atoms with E-state index in [9.17, 15) is 5.11 Å². The van der Waals surface area contributed by atoms with Gasteiger partial charge in [0.2, 0.25) is 0 Å². The average Bonchev–Trinajstić information content (AvgIpc) is 2.69. The van der Waals surface area contributed by atoms with E-state index in [0.29, 0.717) is 6.61 Å². The highest BCUT2D eigenvalue weighted by atomic mass is 16.5. The van der Waals surface area contributed by atoms with Crippen LogP contribution in [0, 0.1) is 13.8 Å². The van der Waals surface area contributed by atoms with E-state index in [1.165, 1.54) is 5.56 Å². The van der Waals surface area contributed by atoms with E-state index in [1.54, 1.807) is 0 Å². The van der Waals surface area contributed by atoms with Crippen LogP contribution in [0.1, 0.15) is 22.5 Å². The highest BCUT2D eigenvalue weighted by Gasteiger charge is 2.09. The summed E-state index contributed by atoms with van der Waals surface area (Å²) in [5.41, 5.74) is 3.65. The maximum absolute atomic E-state index is 9.21. The number of aromatic nitrogens is 2. The number of hydrogen-bond donors (Lipinski definition) is 2. The van der Waals surface area contributed by atoms with Crippen LogP contribution in [0.4, 0.5) is 0 Å². The molecule has 0 spiro atoms. The largest absolute Gasteiger partial charge is 0.487 e. The fourth-order valence-corrected chi connectivity index (χ4v) is 1.62. The number of aliphatic hydroxyl groups is 1.